The van der Waals surface area contributed by atoms with E-state index < -0.39 is 0 Å². The van der Waals surface area contributed by atoms with Crippen LogP contribution in [-0.4, -0.2) is 14.6 Å². The zero-order chi connectivity index (χ0) is 17.6. The molecule has 2 aromatic heterocycles. The molecule has 0 saturated heterocycles. The molecule has 25 heavy (non-hydrogen) atoms. The lowest BCUT2D eigenvalue weighted by Gasteiger charge is -2.13. The fraction of sp³-hybridized carbons (Fsp3) is 0.118. The molecule has 0 bridgehead atoms. The van der Waals surface area contributed by atoms with Crippen LogP contribution in [0.1, 0.15) is 18.0 Å². The van der Waals surface area contributed by atoms with Crippen molar-refractivity contribution in [2.24, 2.45) is 0 Å². The highest BCUT2D eigenvalue weighted by Crippen LogP contribution is 2.32. The minimum absolute atomic E-state index is 0.183. The molecule has 0 aliphatic rings. The maximum atomic E-state index is 12.6. The standard InChI is InChI=1S/C17H11BrClN3O2S/c1-9(24-14-7-6-10(18)8-12(14)19)15-21-22-16(23)11-4-2-3-5-13(11)20-17(22)25-15/h2-9H,1H3/t9-/m0/s1. The van der Waals surface area contributed by atoms with E-state index in [2.05, 4.69) is 26.0 Å². The third-order valence-electron chi connectivity index (χ3n) is 3.66. The molecule has 0 spiro atoms. The van der Waals surface area contributed by atoms with Gasteiger partial charge >= 0.3 is 0 Å². The van der Waals surface area contributed by atoms with E-state index >= 15 is 0 Å². The SMILES string of the molecule is C[C@H](Oc1ccc(Br)cc1Cl)c1nn2c(=O)c3ccccc3nc2s1. The minimum atomic E-state index is -0.368. The van der Waals surface area contributed by atoms with Crippen LogP contribution < -0.4 is 10.3 Å². The van der Waals surface area contributed by atoms with Crippen LogP contribution in [0.3, 0.4) is 0 Å². The lowest BCUT2D eigenvalue weighted by atomic mass is 10.2. The fourth-order valence-corrected chi connectivity index (χ4v) is 4.04. The molecule has 0 N–H and O–H groups in total. The van der Waals surface area contributed by atoms with E-state index in [1.807, 2.05) is 31.2 Å². The highest BCUT2D eigenvalue weighted by Gasteiger charge is 2.17. The van der Waals surface area contributed by atoms with Crippen molar-refractivity contribution in [2.45, 2.75) is 13.0 Å². The summed E-state index contributed by atoms with van der Waals surface area (Å²) < 4.78 is 8.10. The van der Waals surface area contributed by atoms with Gasteiger partial charge in [-0.25, -0.2) is 4.98 Å². The van der Waals surface area contributed by atoms with Gasteiger partial charge < -0.3 is 4.74 Å². The van der Waals surface area contributed by atoms with Gasteiger partial charge in [-0.15, -0.1) is 0 Å². The number of halogens is 2. The predicted molar refractivity (Wildman–Crippen MR) is 103 cm³/mol. The van der Waals surface area contributed by atoms with Crippen molar-refractivity contribution in [1.82, 2.24) is 14.6 Å². The normalized spacial score (nSPS) is 12.6. The number of benzene rings is 2. The van der Waals surface area contributed by atoms with Crippen molar-refractivity contribution in [3.8, 4) is 5.75 Å². The minimum Gasteiger partial charge on any atom is -0.482 e. The Balaban J connectivity index is 1.75. The second-order valence-corrected chi connectivity index (χ2v) is 7.71. The highest BCUT2D eigenvalue weighted by atomic mass is 79.9. The summed E-state index contributed by atoms with van der Waals surface area (Å²) in [5, 5.41) is 6.09. The smallest absolute Gasteiger partial charge is 0.283 e. The maximum absolute atomic E-state index is 12.6. The van der Waals surface area contributed by atoms with Crippen LogP contribution in [0.2, 0.25) is 5.02 Å². The molecule has 126 valence electrons. The largest absolute Gasteiger partial charge is 0.482 e. The molecule has 2 aromatic carbocycles. The van der Waals surface area contributed by atoms with Crippen molar-refractivity contribution >= 4 is 54.7 Å². The molecule has 1 atom stereocenters. The maximum Gasteiger partial charge on any atom is 0.283 e. The van der Waals surface area contributed by atoms with Gasteiger partial charge in [-0.05, 0) is 37.3 Å². The molecule has 0 radical (unpaired) electrons. The number of nitrogens with zero attached hydrogens (tertiary/aromatic N) is 3. The van der Waals surface area contributed by atoms with Crippen LogP contribution in [0.4, 0.5) is 0 Å². The van der Waals surface area contributed by atoms with Gasteiger partial charge in [0.05, 0.1) is 15.9 Å². The quantitative estimate of drug-likeness (QED) is 0.460. The van der Waals surface area contributed by atoms with E-state index in [0.29, 0.717) is 31.6 Å². The summed E-state index contributed by atoms with van der Waals surface area (Å²) in [6.45, 7) is 1.86. The molecule has 0 aliphatic carbocycles. The van der Waals surface area contributed by atoms with Crippen LogP contribution in [0.15, 0.2) is 51.7 Å². The van der Waals surface area contributed by atoms with Gasteiger partial charge in [-0.1, -0.05) is 51.0 Å². The zero-order valence-corrected chi connectivity index (χ0v) is 16.1. The number of hydrogen-bond acceptors (Lipinski definition) is 5. The van der Waals surface area contributed by atoms with Crippen molar-refractivity contribution in [3.05, 3.63) is 67.3 Å². The summed E-state index contributed by atoms with van der Waals surface area (Å²) >= 11 is 10.9. The average Bonchev–Trinajstić information content (AvgIpc) is 3.02. The molecule has 8 heteroatoms. The Morgan fingerprint density at radius 3 is 2.88 bits per heavy atom. The topological polar surface area (TPSA) is 56.5 Å². The highest BCUT2D eigenvalue weighted by molar-refractivity contribution is 9.10. The zero-order valence-electron chi connectivity index (χ0n) is 12.9. The van der Waals surface area contributed by atoms with Crippen molar-refractivity contribution in [1.29, 1.82) is 0 Å². The summed E-state index contributed by atoms with van der Waals surface area (Å²) in [5.41, 5.74) is 0.476. The molecule has 2 heterocycles. The van der Waals surface area contributed by atoms with Crippen LogP contribution in [0, 0.1) is 0 Å². The first-order valence-electron chi connectivity index (χ1n) is 7.43. The second kappa shape index (κ2) is 6.40. The third-order valence-corrected chi connectivity index (χ3v) is 5.52. The van der Waals surface area contributed by atoms with E-state index in [1.54, 1.807) is 18.2 Å². The van der Waals surface area contributed by atoms with E-state index in [1.165, 1.54) is 15.9 Å². The van der Waals surface area contributed by atoms with E-state index in [9.17, 15) is 4.79 Å². The molecule has 4 aromatic rings. The molecule has 0 saturated carbocycles. The third kappa shape index (κ3) is 3.03. The summed E-state index contributed by atoms with van der Waals surface area (Å²) in [4.78, 5) is 17.6. The Morgan fingerprint density at radius 1 is 1.28 bits per heavy atom. The van der Waals surface area contributed by atoms with Crippen LogP contribution in [-0.2, 0) is 0 Å². The van der Waals surface area contributed by atoms with Gasteiger partial charge in [0.15, 0.2) is 5.01 Å². The van der Waals surface area contributed by atoms with Gasteiger partial charge in [0.25, 0.3) is 5.56 Å². The number of ether oxygens (including phenoxy) is 1. The number of rotatable bonds is 3. The monoisotopic (exact) mass is 435 g/mol. The Morgan fingerprint density at radius 2 is 2.08 bits per heavy atom. The van der Waals surface area contributed by atoms with Crippen LogP contribution in [0.5, 0.6) is 5.75 Å². The summed E-state index contributed by atoms with van der Waals surface area (Å²) in [6, 6.07) is 12.6. The van der Waals surface area contributed by atoms with E-state index in [4.69, 9.17) is 16.3 Å². The first kappa shape index (κ1) is 16.5. The number of fused-ring (bicyclic) bond motifs is 2. The number of hydrogen-bond donors (Lipinski definition) is 0. The molecular formula is C17H11BrClN3O2S. The Kier molecular flexibility index (Phi) is 4.23. The number of para-hydroxylation sites is 1. The number of aromatic nitrogens is 3. The molecular weight excluding hydrogens is 426 g/mol. The van der Waals surface area contributed by atoms with Gasteiger partial charge in [0.1, 0.15) is 11.9 Å². The van der Waals surface area contributed by atoms with Crippen molar-refractivity contribution < 1.29 is 4.74 Å². The predicted octanol–water partition coefficient (Wildman–Crippen LogP) is 4.86. The average molecular weight is 437 g/mol. The molecule has 0 fully saturated rings. The molecule has 0 unspecified atom stereocenters. The molecule has 5 nitrogen and oxygen atoms in total. The van der Waals surface area contributed by atoms with E-state index in [-0.39, 0.29) is 11.7 Å². The summed E-state index contributed by atoms with van der Waals surface area (Å²) in [5.74, 6) is 0.557. The van der Waals surface area contributed by atoms with Gasteiger partial charge in [-0.3, -0.25) is 4.79 Å². The van der Waals surface area contributed by atoms with Gasteiger partial charge in [0.2, 0.25) is 4.96 Å². The van der Waals surface area contributed by atoms with Gasteiger partial charge in [-0.2, -0.15) is 9.61 Å². The first-order chi connectivity index (χ1) is 12.0. The van der Waals surface area contributed by atoms with Crippen LogP contribution >= 0.6 is 38.9 Å². The second-order valence-electron chi connectivity index (χ2n) is 5.40. The Bertz CT molecular complexity index is 1160. The molecule has 0 aliphatic heterocycles. The Labute approximate surface area is 160 Å². The summed E-state index contributed by atoms with van der Waals surface area (Å²) in [7, 11) is 0. The lowest BCUT2D eigenvalue weighted by molar-refractivity contribution is 0.225. The molecule has 0 amide bonds. The van der Waals surface area contributed by atoms with Crippen LogP contribution in [0.25, 0.3) is 15.9 Å². The van der Waals surface area contributed by atoms with Gasteiger partial charge in [0, 0.05) is 4.47 Å². The molecule has 4 rings (SSSR count). The Hall–Kier alpha value is -1.96. The summed E-state index contributed by atoms with van der Waals surface area (Å²) in [6.07, 6.45) is -0.368. The first-order valence-corrected chi connectivity index (χ1v) is 9.42. The van der Waals surface area contributed by atoms with E-state index in [0.717, 1.165) is 4.47 Å². The lowest BCUT2D eigenvalue weighted by Crippen LogP contribution is -2.15. The van der Waals surface area contributed by atoms with Crippen molar-refractivity contribution in [2.75, 3.05) is 0 Å². The van der Waals surface area contributed by atoms with Crippen molar-refractivity contribution in [3.63, 3.8) is 0 Å². The fourth-order valence-electron chi connectivity index (χ4n) is 2.45.